The van der Waals surface area contributed by atoms with Crippen molar-refractivity contribution in [3.05, 3.63) is 58.7 Å². The number of allylic oxidation sites excluding steroid dienone is 1. The van der Waals surface area contributed by atoms with E-state index in [1.165, 1.54) is 33.2 Å². The molecule has 43 heteroatoms. The summed E-state index contributed by atoms with van der Waals surface area (Å²) in [5.41, 5.74) is 15.8. The highest BCUT2D eigenvalue weighted by Gasteiger charge is 2.54. The summed E-state index contributed by atoms with van der Waals surface area (Å²) in [5.74, 6) is -1.63. The topological polar surface area (TPSA) is 551 Å². The molecule has 3 saturated heterocycles. The normalized spacial score (nSPS) is 29.3. The fourth-order valence-electron chi connectivity index (χ4n) is 9.17. The predicted molar refractivity (Wildman–Crippen MR) is 262 cm³/mol. The molecule has 80 heavy (non-hydrogen) atoms. The van der Waals surface area contributed by atoms with Crippen molar-refractivity contribution in [2.24, 2.45) is 5.92 Å². The van der Waals surface area contributed by atoms with E-state index >= 15 is 0 Å². The lowest BCUT2D eigenvalue weighted by atomic mass is 9.95. The van der Waals surface area contributed by atoms with E-state index in [-0.39, 0.29) is 70.8 Å². The number of nitrogens with two attached hydrogens (primary N) is 3. The van der Waals surface area contributed by atoms with Crippen molar-refractivity contribution < 1.29 is 108 Å². The number of phosphoric ester groups is 3. The largest absolute Gasteiger partial charge is 0.490 e. The van der Waals surface area contributed by atoms with Crippen molar-refractivity contribution in [1.82, 2.24) is 53.6 Å². The molecule has 0 aromatic carbocycles. The third kappa shape index (κ3) is 12.2. The molecule has 4 unspecified atom stereocenters. The van der Waals surface area contributed by atoms with Gasteiger partial charge in [-0.3, -0.25) is 51.4 Å². The Morgan fingerprint density at radius 2 is 1.34 bits per heavy atom. The number of imidazole rings is 3. The number of methoxy groups -OCH3 is 2. The molecule has 6 aromatic heterocycles. The van der Waals surface area contributed by atoms with E-state index in [1.54, 1.807) is 0 Å². The number of fused-ring (bicyclic) bond motifs is 3. The van der Waals surface area contributed by atoms with E-state index in [9.17, 15) is 62.7 Å². The van der Waals surface area contributed by atoms with Crippen LogP contribution in [-0.2, 0) is 75.2 Å². The van der Waals surface area contributed by atoms with Crippen molar-refractivity contribution in [3.8, 4) is 0 Å². The molecule has 39 nitrogen and oxygen atoms in total. The Kier molecular flexibility index (Phi) is 17.1. The molecular formula is C37H52N15O24P4+. The van der Waals surface area contributed by atoms with Crippen LogP contribution in [0.25, 0.3) is 33.5 Å². The van der Waals surface area contributed by atoms with Crippen LogP contribution in [0.3, 0.4) is 0 Å². The summed E-state index contributed by atoms with van der Waals surface area (Å²) in [6, 6.07) is 0. The van der Waals surface area contributed by atoms with Crippen LogP contribution >= 0.6 is 31.3 Å². The Morgan fingerprint density at radius 1 is 0.725 bits per heavy atom. The Labute approximate surface area is 446 Å². The lowest BCUT2D eigenvalue weighted by molar-refractivity contribution is -0.745. The molecule has 9 rings (SSSR count). The summed E-state index contributed by atoms with van der Waals surface area (Å²) in [5, 5.41) is 33.3. The van der Waals surface area contributed by atoms with Crippen LogP contribution in [0.2, 0.25) is 0 Å². The van der Waals surface area contributed by atoms with Gasteiger partial charge in [0.15, 0.2) is 41.4 Å². The molecule has 3 aliphatic heterocycles. The van der Waals surface area contributed by atoms with Crippen molar-refractivity contribution >= 4 is 82.5 Å². The van der Waals surface area contributed by atoms with Crippen LogP contribution in [0.1, 0.15) is 25.1 Å². The first-order chi connectivity index (χ1) is 37.7. The Morgan fingerprint density at radius 3 is 2.01 bits per heavy atom. The molecule has 6 aromatic rings. The first-order valence-corrected chi connectivity index (χ1v) is 29.2. The maximum atomic E-state index is 13.7. The second-order valence-corrected chi connectivity index (χ2v) is 23.8. The average Bonchev–Trinajstić information content (AvgIpc) is 4.43. The molecule has 9 heterocycles. The number of aromatic amines is 2. The molecule has 3 fully saturated rings. The van der Waals surface area contributed by atoms with Crippen LogP contribution in [0.15, 0.2) is 47.6 Å². The van der Waals surface area contributed by atoms with E-state index in [1.807, 2.05) is 0 Å². The van der Waals surface area contributed by atoms with E-state index < -0.39 is 136 Å². The lowest BCUT2D eigenvalue weighted by Crippen LogP contribution is -2.45. The summed E-state index contributed by atoms with van der Waals surface area (Å²) in [6.07, 6.45) is -11.3. The van der Waals surface area contributed by atoms with Gasteiger partial charge in [0.25, 0.3) is 17.1 Å². The summed E-state index contributed by atoms with van der Waals surface area (Å²) in [7, 11) is -21.0. The second-order valence-electron chi connectivity index (χ2n) is 17.8. The lowest BCUT2D eigenvalue weighted by Gasteiger charge is -2.26. The van der Waals surface area contributed by atoms with Gasteiger partial charge in [0.05, 0.1) is 45.1 Å². The van der Waals surface area contributed by atoms with Gasteiger partial charge in [-0.15, -0.1) is 0 Å². The third-order valence-electron chi connectivity index (χ3n) is 12.6. The van der Waals surface area contributed by atoms with Crippen molar-refractivity contribution in [2.45, 2.75) is 80.5 Å². The number of H-pyrrole nitrogens is 2. The van der Waals surface area contributed by atoms with Gasteiger partial charge in [-0.1, -0.05) is 17.6 Å². The van der Waals surface area contributed by atoms with E-state index in [0.29, 0.717) is 0 Å². The van der Waals surface area contributed by atoms with Crippen LogP contribution in [0.5, 0.6) is 0 Å². The zero-order valence-corrected chi connectivity index (χ0v) is 44.9. The molecule has 0 spiro atoms. The van der Waals surface area contributed by atoms with E-state index in [2.05, 4.69) is 55.1 Å². The standard InChI is InChI=1S/C37H51N15O24P4/c1-4-6-49-14-52(30-21(49)32(57)48-37(40)46-30)33-22(53)15(5-7-66-2)16(71-33)8-69-78(60,61)75-80(64,65)76-79(62,63)70-10-18-25(26(67-3)35(73-18)50-12-43-19-27(38)41-11-42-28(19)50)74-77(58,59)68-9-17-23(54)24(55)34(72-17)51-13-44-20-29(51)45-36(39)47-31(20)56/h4,11-18,22-26,33-35,53-55H,1,5-10H2,2-3H3,(H11-,38,39,40,41,42,45,46,47,48,56,57,58,59,60,61,62,63,64,65)/p+1/t15-,16-,17-,18-,22-,23-,24-,25-,26-,33-,34-,35-/m1/s1. The monoisotopic (exact) mass is 1210 g/mol. The number of phosphoric acid groups is 4. The fraction of sp³-hybridized carbons (Fsp3) is 0.541. The third-order valence-corrected chi connectivity index (χ3v) is 17.9. The molecule has 0 aliphatic carbocycles. The van der Waals surface area contributed by atoms with Gasteiger partial charge in [-0.2, -0.15) is 13.6 Å². The summed E-state index contributed by atoms with van der Waals surface area (Å²) < 4.78 is 116. The van der Waals surface area contributed by atoms with Crippen LogP contribution in [-0.4, -0.2) is 178 Å². The molecule has 438 valence electrons. The first kappa shape index (κ1) is 59.2. The molecular weight excluding hydrogens is 1160 g/mol. The van der Waals surface area contributed by atoms with Gasteiger partial charge >= 0.3 is 36.9 Å². The molecule has 0 radical (unpaired) electrons. The van der Waals surface area contributed by atoms with Gasteiger partial charge in [0.2, 0.25) is 17.7 Å². The molecule has 0 saturated carbocycles. The zero-order valence-electron chi connectivity index (χ0n) is 41.3. The summed E-state index contributed by atoms with van der Waals surface area (Å²) in [4.78, 5) is 97.1. The number of aliphatic hydroxyl groups is 3. The smallest absolute Gasteiger partial charge is 0.387 e. The minimum Gasteiger partial charge on any atom is -0.387 e. The quantitative estimate of drug-likeness (QED) is 0.0166. The van der Waals surface area contributed by atoms with Gasteiger partial charge in [0.1, 0.15) is 54.6 Å². The Balaban J connectivity index is 0.874. The number of aliphatic hydroxyl groups excluding tert-OH is 3. The van der Waals surface area contributed by atoms with Crippen LogP contribution in [0.4, 0.5) is 17.7 Å². The number of nitrogens with one attached hydrogen (secondary N) is 2. The van der Waals surface area contributed by atoms with Crippen molar-refractivity contribution in [2.75, 3.05) is 57.8 Å². The zero-order chi connectivity index (χ0) is 57.8. The number of rotatable bonds is 24. The Hall–Kier alpha value is -5.41. The van der Waals surface area contributed by atoms with Crippen LogP contribution < -0.4 is 32.9 Å². The van der Waals surface area contributed by atoms with Gasteiger partial charge in [0, 0.05) is 26.7 Å². The van der Waals surface area contributed by atoms with Gasteiger partial charge in [-0.25, -0.2) is 42.8 Å². The van der Waals surface area contributed by atoms with E-state index in [0.717, 1.165) is 30.7 Å². The predicted octanol–water partition coefficient (Wildman–Crippen LogP) is -2.77. The fourth-order valence-corrected chi connectivity index (χ4v) is 13.7. The highest BCUT2D eigenvalue weighted by molar-refractivity contribution is 7.66. The minimum atomic E-state index is -6.19. The number of hydrogen-bond acceptors (Lipinski definition) is 29. The number of nitrogen functional groups attached to an aromatic ring is 3. The summed E-state index contributed by atoms with van der Waals surface area (Å²) >= 11 is 0. The van der Waals surface area contributed by atoms with Gasteiger partial charge in [-0.05, 0) is 6.42 Å². The first-order valence-electron chi connectivity index (χ1n) is 23.2. The average molecular weight is 1210 g/mol. The molecule has 0 amide bonds. The highest BCUT2D eigenvalue weighted by Crippen LogP contribution is 2.68. The maximum absolute atomic E-state index is 13.7. The number of anilines is 3. The highest BCUT2D eigenvalue weighted by atomic mass is 31.3. The summed E-state index contributed by atoms with van der Waals surface area (Å²) in [6.45, 7) is 0.610. The minimum absolute atomic E-state index is 0.0142. The Bertz CT molecular complexity index is 3600. The molecule has 3 aliphatic rings. The van der Waals surface area contributed by atoms with E-state index in [4.69, 9.17) is 59.0 Å². The SMILES string of the molecule is C=CCn1c[n+]([C@@H]2O[C@H](COP(=O)(O)OP(=O)(O)OP(=O)(O)OC[C@H]3O[C@@H](n4cnc5c(N)ncnc54)[C@H](OC)[C@@H]3OP(=O)(O)OC[C@H]3O[C@@H](n4cnc5c(=O)[nH]c(N)nc54)[C@H](O)[C@@H]3O)[C@@H](CCOC)[C@H]2O)c2nc(N)[nH]c(=O)c21. The molecule has 0 bridgehead atoms. The number of ether oxygens (including phenoxy) is 5. The number of aromatic nitrogens is 12. The van der Waals surface area contributed by atoms with Gasteiger partial charge < -0.3 is 75.8 Å². The molecule has 16 atom stereocenters. The maximum Gasteiger partial charge on any atom is 0.490 e. The van der Waals surface area contributed by atoms with Crippen LogP contribution in [0, 0.1) is 5.92 Å². The molecule has 15 N–H and O–H groups in total. The number of nitrogens with zero attached hydrogens (tertiary/aromatic N) is 10. The second kappa shape index (κ2) is 23.1. The van der Waals surface area contributed by atoms with Crippen molar-refractivity contribution in [3.63, 3.8) is 0 Å². The number of hydrogen-bond donors (Lipinski definition) is 12. The van der Waals surface area contributed by atoms with Crippen molar-refractivity contribution in [1.29, 1.82) is 0 Å².